The van der Waals surface area contributed by atoms with Crippen LogP contribution >= 0.6 is 24.0 Å². The molecule has 0 radical (unpaired) electrons. The molecule has 20 heavy (non-hydrogen) atoms. The maximum absolute atomic E-state index is 11.9. The van der Waals surface area contributed by atoms with E-state index in [1.54, 1.807) is 12.1 Å². The molecule has 0 spiro atoms. The second-order valence-electron chi connectivity index (χ2n) is 4.96. The number of hydrogen-bond donors (Lipinski definition) is 2. The molecule has 0 aromatic heterocycles. The van der Waals surface area contributed by atoms with E-state index in [1.807, 2.05) is 12.1 Å². The average molecular weight is 318 g/mol. The van der Waals surface area contributed by atoms with Gasteiger partial charge in [-0.15, -0.1) is 12.4 Å². The van der Waals surface area contributed by atoms with Crippen LogP contribution in [-0.2, 0) is 4.79 Å². The molecule has 4 nitrogen and oxygen atoms in total. The highest BCUT2D eigenvalue weighted by atomic mass is 35.5. The largest absolute Gasteiger partial charge is 0.326 e. The van der Waals surface area contributed by atoms with Gasteiger partial charge in [0.05, 0.1) is 0 Å². The highest BCUT2D eigenvalue weighted by Gasteiger charge is 2.16. The van der Waals surface area contributed by atoms with Gasteiger partial charge < -0.3 is 15.5 Å². The normalized spacial score (nSPS) is 19.2. The lowest BCUT2D eigenvalue weighted by Crippen LogP contribution is -2.49. The van der Waals surface area contributed by atoms with Crippen LogP contribution in [0.15, 0.2) is 24.3 Å². The average Bonchev–Trinajstić information content (AvgIpc) is 2.36. The van der Waals surface area contributed by atoms with E-state index in [0.717, 1.165) is 31.9 Å². The smallest absolute Gasteiger partial charge is 0.225 e. The van der Waals surface area contributed by atoms with Gasteiger partial charge in [0, 0.05) is 49.4 Å². The van der Waals surface area contributed by atoms with E-state index in [9.17, 15) is 4.79 Å². The Morgan fingerprint density at radius 2 is 2.35 bits per heavy atom. The summed E-state index contributed by atoms with van der Waals surface area (Å²) in [4.78, 5) is 14.2. The molecule has 0 bridgehead atoms. The van der Waals surface area contributed by atoms with Crippen molar-refractivity contribution in [3.63, 3.8) is 0 Å². The summed E-state index contributed by atoms with van der Waals surface area (Å²) in [5.74, 6) is 0.0356. The molecule has 1 amide bonds. The van der Waals surface area contributed by atoms with Gasteiger partial charge in [-0.25, -0.2) is 0 Å². The number of benzene rings is 1. The van der Waals surface area contributed by atoms with Gasteiger partial charge in [-0.05, 0) is 25.1 Å². The minimum atomic E-state index is 0. The number of hydrogen-bond acceptors (Lipinski definition) is 3. The molecule has 1 aliphatic heterocycles. The Bertz CT molecular complexity index is 442. The van der Waals surface area contributed by atoms with Crippen LogP contribution in [0.5, 0.6) is 0 Å². The molecule has 2 rings (SSSR count). The standard InChI is InChI=1S/C14H20ClN3O.ClH/c1-11-10-18(8-6-16-11)7-5-14(19)17-13-4-2-3-12(15)9-13;/h2-4,9,11,16H,5-8,10H2,1H3,(H,17,19);1H. The molecule has 0 saturated carbocycles. The quantitative estimate of drug-likeness (QED) is 0.896. The Labute approximate surface area is 131 Å². The third-order valence-electron chi connectivity index (χ3n) is 3.22. The summed E-state index contributed by atoms with van der Waals surface area (Å²) in [5, 5.41) is 6.89. The fourth-order valence-corrected chi connectivity index (χ4v) is 2.45. The monoisotopic (exact) mass is 317 g/mol. The van der Waals surface area contributed by atoms with Crippen LogP contribution < -0.4 is 10.6 Å². The van der Waals surface area contributed by atoms with E-state index in [2.05, 4.69) is 22.5 Å². The number of rotatable bonds is 4. The van der Waals surface area contributed by atoms with Crippen molar-refractivity contribution in [2.75, 3.05) is 31.5 Å². The first-order valence-corrected chi connectivity index (χ1v) is 7.02. The zero-order valence-electron chi connectivity index (χ0n) is 11.6. The molecule has 112 valence electrons. The zero-order chi connectivity index (χ0) is 13.7. The van der Waals surface area contributed by atoms with Gasteiger partial charge in [0.2, 0.25) is 5.91 Å². The van der Waals surface area contributed by atoms with Crippen molar-refractivity contribution in [3.8, 4) is 0 Å². The van der Waals surface area contributed by atoms with Crippen LogP contribution in [0.1, 0.15) is 13.3 Å². The van der Waals surface area contributed by atoms with Gasteiger partial charge in [0.15, 0.2) is 0 Å². The molecule has 0 aliphatic carbocycles. The molecule has 1 saturated heterocycles. The molecule has 2 N–H and O–H groups in total. The van der Waals surface area contributed by atoms with Crippen molar-refractivity contribution in [2.24, 2.45) is 0 Å². The van der Waals surface area contributed by atoms with Crippen molar-refractivity contribution in [1.29, 1.82) is 0 Å². The summed E-state index contributed by atoms with van der Waals surface area (Å²) in [7, 11) is 0. The molecule has 1 atom stereocenters. The molecule has 1 aliphatic rings. The van der Waals surface area contributed by atoms with Gasteiger partial charge >= 0.3 is 0 Å². The van der Waals surface area contributed by atoms with E-state index < -0.39 is 0 Å². The number of piperazine rings is 1. The Balaban J connectivity index is 0.00000200. The lowest BCUT2D eigenvalue weighted by Gasteiger charge is -2.31. The van der Waals surface area contributed by atoms with Gasteiger partial charge in [-0.3, -0.25) is 4.79 Å². The van der Waals surface area contributed by atoms with Crippen LogP contribution in [0.4, 0.5) is 5.69 Å². The number of nitrogens with zero attached hydrogens (tertiary/aromatic N) is 1. The van der Waals surface area contributed by atoms with E-state index in [1.165, 1.54) is 0 Å². The molecular weight excluding hydrogens is 297 g/mol. The fourth-order valence-electron chi connectivity index (χ4n) is 2.26. The maximum Gasteiger partial charge on any atom is 0.225 e. The molecular formula is C14H21Cl2N3O. The lowest BCUT2D eigenvalue weighted by atomic mass is 10.2. The number of anilines is 1. The van der Waals surface area contributed by atoms with Crippen LogP contribution in [0.25, 0.3) is 0 Å². The number of carbonyl (C=O) groups excluding carboxylic acids is 1. The number of carbonyl (C=O) groups is 1. The van der Waals surface area contributed by atoms with Gasteiger partial charge in [0.1, 0.15) is 0 Å². The lowest BCUT2D eigenvalue weighted by molar-refractivity contribution is -0.116. The zero-order valence-corrected chi connectivity index (χ0v) is 13.1. The Morgan fingerprint density at radius 3 is 3.05 bits per heavy atom. The molecule has 1 fully saturated rings. The highest BCUT2D eigenvalue weighted by molar-refractivity contribution is 6.30. The van der Waals surface area contributed by atoms with E-state index in [4.69, 9.17) is 11.6 Å². The third-order valence-corrected chi connectivity index (χ3v) is 3.45. The molecule has 6 heteroatoms. The van der Waals surface area contributed by atoms with Crippen molar-refractivity contribution in [2.45, 2.75) is 19.4 Å². The van der Waals surface area contributed by atoms with Crippen LogP contribution in [0, 0.1) is 0 Å². The first kappa shape index (κ1) is 17.2. The summed E-state index contributed by atoms with van der Waals surface area (Å²) in [6.07, 6.45) is 0.513. The number of halogens is 2. The summed E-state index contributed by atoms with van der Waals surface area (Å²) in [6.45, 7) is 5.98. The van der Waals surface area contributed by atoms with Crippen LogP contribution in [0.3, 0.4) is 0 Å². The molecule has 1 unspecified atom stereocenters. The molecule has 1 heterocycles. The second kappa shape index (κ2) is 8.47. The molecule has 1 aromatic carbocycles. The first-order valence-electron chi connectivity index (χ1n) is 6.64. The van der Waals surface area contributed by atoms with Crippen LogP contribution in [-0.4, -0.2) is 43.0 Å². The van der Waals surface area contributed by atoms with Crippen molar-refractivity contribution in [1.82, 2.24) is 10.2 Å². The summed E-state index contributed by atoms with van der Waals surface area (Å²) in [6, 6.07) is 7.72. The summed E-state index contributed by atoms with van der Waals surface area (Å²) in [5.41, 5.74) is 0.756. The summed E-state index contributed by atoms with van der Waals surface area (Å²) >= 11 is 5.88. The Kier molecular flexibility index (Phi) is 7.30. The second-order valence-corrected chi connectivity index (χ2v) is 5.40. The topological polar surface area (TPSA) is 44.4 Å². The van der Waals surface area contributed by atoms with E-state index in [0.29, 0.717) is 17.5 Å². The van der Waals surface area contributed by atoms with Gasteiger partial charge in [-0.1, -0.05) is 17.7 Å². The van der Waals surface area contributed by atoms with Crippen molar-refractivity contribution < 1.29 is 4.79 Å². The van der Waals surface area contributed by atoms with E-state index >= 15 is 0 Å². The minimum absolute atomic E-state index is 0. The molecule has 1 aromatic rings. The van der Waals surface area contributed by atoms with Crippen LogP contribution in [0.2, 0.25) is 5.02 Å². The van der Waals surface area contributed by atoms with Crippen molar-refractivity contribution in [3.05, 3.63) is 29.3 Å². The van der Waals surface area contributed by atoms with Gasteiger partial charge in [-0.2, -0.15) is 0 Å². The maximum atomic E-state index is 11.9. The minimum Gasteiger partial charge on any atom is -0.326 e. The Morgan fingerprint density at radius 1 is 1.55 bits per heavy atom. The fraction of sp³-hybridized carbons (Fsp3) is 0.500. The van der Waals surface area contributed by atoms with E-state index in [-0.39, 0.29) is 18.3 Å². The van der Waals surface area contributed by atoms with Crippen molar-refractivity contribution >= 4 is 35.6 Å². The number of amides is 1. The SMILES string of the molecule is CC1CN(CCC(=O)Nc2cccc(Cl)c2)CCN1.Cl. The highest BCUT2D eigenvalue weighted by Crippen LogP contribution is 2.15. The Hall–Kier alpha value is -0.810. The van der Waals surface area contributed by atoms with Gasteiger partial charge in [0.25, 0.3) is 0 Å². The first-order chi connectivity index (χ1) is 9.13. The summed E-state index contributed by atoms with van der Waals surface area (Å²) < 4.78 is 0. The predicted molar refractivity (Wildman–Crippen MR) is 85.9 cm³/mol. The number of nitrogens with one attached hydrogen (secondary N) is 2. The third kappa shape index (κ3) is 5.67. The predicted octanol–water partition coefficient (Wildman–Crippen LogP) is 2.38.